The minimum absolute atomic E-state index is 0.00621. The first kappa shape index (κ1) is 14.9. The van der Waals surface area contributed by atoms with Crippen LogP contribution in [0.2, 0.25) is 0 Å². The number of rotatable bonds is 2. The predicted octanol–water partition coefficient (Wildman–Crippen LogP) is 3.66. The Balaban J connectivity index is 1.52. The molecule has 1 heterocycles. The second-order valence-corrected chi connectivity index (χ2v) is 6.10. The van der Waals surface area contributed by atoms with Crippen molar-refractivity contribution >= 4 is 11.7 Å². The molecule has 2 aromatic carbocycles. The van der Waals surface area contributed by atoms with Crippen LogP contribution in [-0.2, 0) is 6.42 Å². The van der Waals surface area contributed by atoms with Crippen LogP contribution in [0.3, 0.4) is 0 Å². The van der Waals surface area contributed by atoms with Gasteiger partial charge in [-0.05, 0) is 54.7 Å². The Labute approximate surface area is 141 Å². The number of hydrogen-bond acceptors (Lipinski definition) is 3. The summed E-state index contributed by atoms with van der Waals surface area (Å²) in [6, 6.07) is 13.4. The highest BCUT2D eigenvalue weighted by Crippen LogP contribution is 2.39. The van der Waals surface area contributed by atoms with E-state index in [0.717, 1.165) is 42.0 Å². The molecule has 2 aliphatic rings. The number of para-hydroxylation sites is 1. The van der Waals surface area contributed by atoms with Gasteiger partial charge < -0.3 is 20.1 Å². The number of nitrogens with one attached hydrogen (secondary N) is 2. The van der Waals surface area contributed by atoms with Crippen LogP contribution in [0.1, 0.15) is 30.0 Å². The fourth-order valence-electron chi connectivity index (χ4n) is 3.34. The molecule has 1 unspecified atom stereocenters. The lowest BCUT2D eigenvalue weighted by Crippen LogP contribution is -2.34. The monoisotopic (exact) mass is 324 g/mol. The smallest absolute Gasteiger partial charge is 0.319 e. The van der Waals surface area contributed by atoms with Crippen LogP contribution >= 0.6 is 0 Å². The van der Waals surface area contributed by atoms with Crippen molar-refractivity contribution in [1.29, 1.82) is 0 Å². The topological polar surface area (TPSA) is 59.6 Å². The van der Waals surface area contributed by atoms with Crippen LogP contribution in [0.15, 0.2) is 42.5 Å². The molecule has 2 N–H and O–H groups in total. The second-order valence-electron chi connectivity index (χ2n) is 6.10. The molecule has 1 atom stereocenters. The molecule has 5 heteroatoms. The molecule has 1 aliphatic carbocycles. The highest BCUT2D eigenvalue weighted by atomic mass is 16.6. The number of ether oxygens (including phenoxy) is 2. The fourth-order valence-corrected chi connectivity index (χ4v) is 3.34. The largest absolute Gasteiger partial charge is 0.486 e. The van der Waals surface area contributed by atoms with Gasteiger partial charge in [0.25, 0.3) is 0 Å². The summed E-state index contributed by atoms with van der Waals surface area (Å²) in [4.78, 5) is 12.3. The van der Waals surface area contributed by atoms with Gasteiger partial charge in [-0.3, -0.25) is 0 Å². The van der Waals surface area contributed by atoms with E-state index in [1.54, 1.807) is 0 Å². The Bertz CT molecular complexity index is 746. The van der Waals surface area contributed by atoms with Crippen LogP contribution in [0.5, 0.6) is 11.5 Å². The van der Waals surface area contributed by atoms with Crippen LogP contribution < -0.4 is 20.1 Å². The van der Waals surface area contributed by atoms with Crippen LogP contribution in [-0.4, -0.2) is 19.2 Å². The Hall–Kier alpha value is -2.69. The predicted molar refractivity (Wildman–Crippen MR) is 91.7 cm³/mol. The number of amides is 2. The van der Waals surface area contributed by atoms with E-state index in [1.165, 1.54) is 5.56 Å². The van der Waals surface area contributed by atoms with Gasteiger partial charge in [0.05, 0.1) is 6.04 Å². The fraction of sp³-hybridized carbons (Fsp3) is 0.316. The summed E-state index contributed by atoms with van der Waals surface area (Å²) < 4.78 is 11.3. The number of fused-ring (bicyclic) bond motifs is 2. The average Bonchev–Trinajstić information content (AvgIpc) is 2.61. The van der Waals surface area contributed by atoms with E-state index in [2.05, 4.69) is 16.7 Å². The van der Waals surface area contributed by atoms with Crippen molar-refractivity contribution < 1.29 is 14.3 Å². The third kappa shape index (κ3) is 3.02. The summed E-state index contributed by atoms with van der Waals surface area (Å²) >= 11 is 0. The Morgan fingerprint density at radius 3 is 2.58 bits per heavy atom. The van der Waals surface area contributed by atoms with Crippen molar-refractivity contribution in [3.63, 3.8) is 0 Å². The summed E-state index contributed by atoms with van der Waals surface area (Å²) in [6.07, 6.45) is 2.97. The van der Waals surface area contributed by atoms with E-state index >= 15 is 0 Å². The number of urea groups is 1. The SMILES string of the molecule is O=C(Nc1ccccc1)NC1CCCc2cc3c(cc21)OCCO3. The first-order valence-electron chi connectivity index (χ1n) is 8.34. The maximum atomic E-state index is 12.3. The lowest BCUT2D eigenvalue weighted by Gasteiger charge is -2.29. The second kappa shape index (κ2) is 6.43. The lowest BCUT2D eigenvalue weighted by atomic mass is 9.87. The molecule has 0 bridgehead atoms. The molecule has 2 amide bonds. The van der Waals surface area contributed by atoms with Crippen molar-refractivity contribution in [3.05, 3.63) is 53.6 Å². The minimum atomic E-state index is -0.186. The van der Waals surface area contributed by atoms with Gasteiger partial charge >= 0.3 is 6.03 Å². The first-order chi connectivity index (χ1) is 11.8. The van der Waals surface area contributed by atoms with E-state index < -0.39 is 0 Å². The normalized spacial score (nSPS) is 18.4. The first-order valence-corrected chi connectivity index (χ1v) is 8.34. The minimum Gasteiger partial charge on any atom is -0.486 e. The number of aryl methyl sites for hydroxylation is 1. The highest BCUT2D eigenvalue weighted by molar-refractivity contribution is 5.89. The Morgan fingerprint density at radius 2 is 1.79 bits per heavy atom. The van der Waals surface area contributed by atoms with Crippen molar-refractivity contribution in [2.75, 3.05) is 18.5 Å². The number of carbonyl (C=O) groups excluding carboxylic acids is 1. The van der Waals surface area contributed by atoms with Gasteiger partial charge in [-0.15, -0.1) is 0 Å². The number of benzene rings is 2. The zero-order chi connectivity index (χ0) is 16.4. The van der Waals surface area contributed by atoms with E-state index in [1.807, 2.05) is 36.4 Å². The average molecular weight is 324 g/mol. The number of carbonyl (C=O) groups is 1. The summed E-state index contributed by atoms with van der Waals surface area (Å²) in [6.45, 7) is 1.16. The zero-order valence-electron chi connectivity index (χ0n) is 13.4. The molecule has 2 aromatic rings. The zero-order valence-corrected chi connectivity index (χ0v) is 13.4. The van der Waals surface area contributed by atoms with Gasteiger partial charge in [0.15, 0.2) is 11.5 Å². The van der Waals surface area contributed by atoms with Crippen LogP contribution in [0.4, 0.5) is 10.5 Å². The van der Waals surface area contributed by atoms with Crippen molar-refractivity contribution in [2.24, 2.45) is 0 Å². The molecule has 0 aromatic heterocycles. The molecule has 0 saturated carbocycles. The summed E-state index contributed by atoms with van der Waals surface area (Å²) in [5.41, 5.74) is 3.15. The van der Waals surface area contributed by atoms with E-state index in [-0.39, 0.29) is 12.1 Å². The Morgan fingerprint density at radius 1 is 1.04 bits per heavy atom. The van der Waals surface area contributed by atoms with Crippen molar-refractivity contribution in [1.82, 2.24) is 5.32 Å². The van der Waals surface area contributed by atoms with Gasteiger partial charge in [-0.2, -0.15) is 0 Å². The lowest BCUT2D eigenvalue weighted by molar-refractivity contribution is 0.171. The van der Waals surface area contributed by atoms with E-state index in [4.69, 9.17) is 9.47 Å². The maximum Gasteiger partial charge on any atom is 0.319 e. The third-order valence-corrected chi connectivity index (χ3v) is 4.46. The molecule has 1 aliphatic heterocycles. The van der Waals surface area contributed by atoms with Gasteiger partial charge in [0.2, 0.25) is 0 Å². The standard InChI is InChI=1S/C19H20N2O3/c22-19(20-14-6-2-1-3-7-14)21-16-8-4-5-13-11-17-18(12-15(13)16)24-10-9-23-17/h1-3,6-7,11-12,16H,4-5,8-10H2,(H2,20,21,22). The van der Waals surface area contributed by atoms with Crippen LogP contribution in [0.25, 0.3) is 0 Å². The van der Waals surface area contributed by atoms with Crippen molar-refractivity contribution in [3.8, 4) is 11.5 Å². The number of anilines is 1. The summed E-state index contributed by atoms with van der Waals surface area (Å²) in [5.74, 6) is 1.59. The van der Waals surface area contributed by atoms with E-state index in [9.17, 15) is 4.79 Å². The summed E-state index contributed by atoms with van der Waals surface area (Å²) in [7, 11) is 0. The molecule has 5 nitrogen and oxygen atoms in total. The van der Waals surface area contributed by atoms with Gasteiger partial charge in [-0.25, -0.2) is 4.79 Å². The summed E-state index contributed by atoms with van der Waals surface area (Å²) in [5, 5.41) is 5.96. The van der Waals surface area contributed by atoms with Gasteiger partial charge in [0, 0.05) is 5.69 Å². The molecule has 0 fully saturated rings. The number of hydrogen-bond donors (Lipinski definition) is 2. The van der Waals surface area contributed by atoms with Gasteiger partial charge in [-0.1, -0.05) is 18.2 Å². The van der Waals surface area contributed by atoms with Crippen molar-refractivity contribution in [2.45, 2.75) is 25.3 Å². The third-order valence-electron chi connectivity index (χ3n) is 4.46. The van der Waals surface area contributed by atoms with Gasteiger partial charge in [0.1, 0.15) is 13.2 Å². The molecule has 4 rings (SSSR count). The quantitative estimate of drug-likeness (QED) is 0.886. The molecule has 24 heavy (non-hydrogen) atoms. The molecule has 0 spiro atoms. The molecular weight excluding hydrogens is 304 g/mol. The molecule has 124 valence electrons. The highest BCUT2D eigenvalue weighted by Gasteiger charge is 2.25. The van der Waals surface area contributed by atoms with E-state index in [0.29, 0.717) is 13.2 Å². The van der Waals surface area contributed by atoms with Crippen LogP contribution in [0, 0.1) is 0 Å². The molecule has 0 radical (unpaired) electrons. The maximum absolute atomic E-state index is 12.3. The Kier molecular flexibility index (Phi) is 3.99. The molecular formula is C19H20N2O3. The molecule has 0 saturated heterocycles.